The average molecular weight is 461 g/mol. The van der Waals surface area contributed by atoms with Crippen LogP contribution in [0.3, 0.4) is 0 Å². The largest absolute Gasteiger partial charge is 0.270 e. The van der Waals surface area contributed by atoms with Crippen LogP contribution >= 0.6 is 46.6 Å². The SMILES string of the molecule is Cc1ccc(-n2c(SCc3ccc(Cl)c(Cl)c3)nnc2-c2ccccc2Cl)cc1. The number of aromatic nitrogens is 3. The van der Waals surface area contributed by atoms with Crippen molar-refractivity contribution >= 4 is 46.6 Å². The van der Waals surface area contributed by atoms with E-state index in [2.05, 4.69) is 41.4 Å². The molecule has 0 bridgehead atoms. The van der Waals surface area contributed by atoms with Gasteiger partial charge in [-0.15, -0.1) is 10.2 Å². The Morgan fingerprint density at radius 2 is 1.59 bits per heavy atom. The smallest absolute Gasteiger partial charge is 0.196 e. The third kappa shape index (κ3) is 4.46. The van der Waals surface area contributed by atoms with Gasteiger partial charge in [0, 0.05) is 17.0 Å². The third-order valence-corrected chi connectivity index (χ3v) is 6.46. The second kappa shape index (κ2) is 8.80. The summed E-state index contributed by atoms with van der Waals surface area (Å²) < 4.78 is 2.03. The summed E-state index contributed by atoms with van der Waals surface area (Å²) in [5.41, 5.74) is 4.06. The van der Waals surface area contributed by atoms with Crippen LogP contribution in [0.25, 0.3) is 17.1 Å². The number of nitrogens with zero attached hydrogens (tertiary/aromatic N) is 3. The summed E-state index contributed by atoms with van der Waals surface area (Å²) >= 11 is 20.2. The molecule has 0 radical (unpaired) electrons. The van der Waals surface area contributed by atoms with Gasteiger partial charge in [-0.1, -0.05) is 82.5 Å². The summed E-state index contributed by atoms with van der Waals surface area (Å²) in [6, 6.07) is 21.5. The molecule has 29 heavy (non-hydrogen) atoms. The number of hydrogen-bond donors (Lipinski definition) is 0. The van der Waals surface area contributed by atoms with Crippen molar-refractivity contribution in [3.05, 3.63) is 92.9 Å². The molecule has 0 saturated heterocycles. The topological polar surface area (TPSA) is 30.7 Å². The van der Waals surface area contributed by atoms with E-state index in [0.717, 1.165) is 22.0 Å². The molecule has 1 aromatic heterocycles. The van der Waals surface area contributed by atoms with E-state index in [4.69, 9.17) is 34.8 Å². The lowest BCUT2D eigenvalue weighted by atomic mass is 10.2. The minimum atomic E-state index is 0.543. The molecule has 0 unspecified atom stereocenters. The zero-order chi connectivity index (χ0) is 20.4. The highest BCUT2D eigenvalue weighted by atomic mass is 35.5. The van der Waals surface area contributed by atoms with Crippen LogP contribution < -0.4 is 0 Å². The van der Waals surface area contributed by atoms with E-state index in [-0.39, 0.29) is 0 Å². The molecule has 0 aliphatic rings. The molecule has 3 nitrogen and oxygen atoms in total. The standard InChI is InChI=1S/C22H16Cl3N3S/c1-14-6-9-16(10-7-14)28-21(17-4-2-3-5-18(17)23)26-27-22(28)29-13-15-8-11-19(24)20(25)12-15/h2-12H,13H2,1H3. The second-order valence-electron chi connectivity index (χ2n) is 6.49. The van der Waals surface area contributed by atoms with Crippen LogP contribution in [0, 0.1) is 6.92 Å². The van der Waals surface area contributed by atoms with Gasteiger partial charge in [-0.05, 0) is 48.9 Å². The summed E-state index contributed by atoms with van der Waals surface area (Å²) in [5.74, 6) is 1.39. The van der Waals surface area contributed by atoms with Gasteiger partial charge in [0.2, 0.25) is 0 Å². The molecule has 0 saturated carbocycles. The van der Waals surface area contributed by atoms with Crippen molar-refractivity contribution in [2.24, 2.45) is 0 Å². The van der Waals surface area contributed by atoms with Crippen molar-refractivity contribution in [2.45, 2.75) is 17.8 Å². The maximum Gasteiger partial charge on any atom is 0.196 e. The Bertz CT molecular complexity index is 1160. The highest BCUT2D eigenvalue weighted by Gasteiger charge is 2.18. The summed E-state index contributed by atoms with van der Waals surface area (Å²) in [4.78, 5) is 0. The first-order chi connectivity index (χ1) is 14.0. The van der Waals surface area contributed by atoms with Crippen LogP contribution in [-0.2, 0) is 5.75 Å². The van der Waals surface area contributed by atoms with Gasteiger partial charge in [-0.2, -0.15) is 0 Å². The molecule has 0 N–H and O–H groups in total. The fourth-order valence-electron chi connectivity index (χ4n) is 2.88. The highest BCUT2D eigenvalue weighted by molar-refractivity contribution is 7.98. The summed E-state index contributed by atoms with van der Waals surface area (Å²) in [6.45, 7) is 2.06. The van der Waals surface area contributed by atoms with Gasteiger partial charge in [0.25, 0.3) is 0 Å². The van der Waals surface area contributed by atoms with Crippen molar-refractivity contribution < 1.29 is 0 Å². The van der Waals surface area contributed by atoms with Crippen LogP contribution in [0.1, 0.15) is 11.1 Å². The maximum atomic E-state index is 6.44. The van der Waals surface area contributed by atoms with Gasteiger partial charge < -0.3 is 0 Å². The highest BCUT2D eigenvalue weighted by Crippen LogP contribution is 2.33. The van der Waals surface area contributed by atoms with Crippen LogP contribution in [0.2, 0.25) is 15.1 Å². The van der Waals surface area contributed by atoms with E-state index in [1.54, 1.807) is 17.8 Å². The molecule has 0 aliphatic heterocycles. The molecule has 3 aromatic carbocycles. The Morgan fingerprint density at radius 3 is 2.31 bits per heavy atom. The molecule has 0 fully saturated rings. The Labute approximate surface area is 188 Å². The molecule has 4 rings (SSSR count). The fraction of sp³-hybridized carbons (Fsp3) is 0.0909. The Morgan fingerprint density at radius 1 is 0.828 bits per heavy atom. The van der Waals surface area contributed by atoms with Gasteiger partial charge in [0.15, 0.2) is 11.0 Å². The number of benzene rings is 3. The van der Waals surface area contributed by atoms with E-state index in [9.17, 15) is 0 Å². The van der Waals surface area contributed by atoms with Gasteiger partial charge in [0.1, 0.15) is 0 Å². The molecule has 0 spiro atoms. The number of hydrogen-bond acceptors (Lipinski definition) is 3. The normalized spacial score (nSPS) is 11.0. The number of thioether (sulfide) groups is 1. The number of halogens is 3. The molecular formula is C22H16Cl3N3S. The Hall–Kier alpha value is -1.98. The molecule has 4 aromatic rings. The first kappa shape index (κ1) is 20.3. The lowest BCUT2D eigenvalue weighted by Gasteiger charge is -2.12. The zero-order valence-corrected chi connectivity index (χ0v) is 18.5. The summed E-state index contributed by atoms with van der Waals surface area (Å²) in [5, 5.41) is 11.4. The molecule has 1 heterocycles. The Balaban J connectivity index is 1.74. The van der Waals surface area contributed by atoms with E-state index in [0.29, 0.717) is 26.6 Å². The van der Waals surface area contributed by atoms with Gasteiger partial charge in [0.05, 0.1) is 15.1 Å². The van der Waals surface area contributed by atoms with E-state index >= 15 is 0 Å². The quantitative estimate of drug-likeness (QED) is 0.289. The minimum Gasteiger partial charge on any atom is -0.270 e. The van der Waals surface area contributed by atoms with E-state index in [1.807, 2.05) is 41.0 Å². The average Bonchev–Trinajstić information content (AvgIpc) is 3.13. The maximum absolute atomic E-state index is 6.44. The summed E-state index contributed by atoms with van der Waals surface area (Å²) in [7, 11) is 0. The molecular weight excluding hydrogens is 445 g/mol. The van der Waals surface area contributed by atoms with E-state index in [1.165, 1.54) is 5.56 Å². The number of rotatable bonds is 5. The third-order valence-electron chi connectivity index (χ3n) is 4.39. The second-order valence-corrected chi connectivity index (χ2v) is 8.66. The number of aryl methyl sites for hydroxylation is 1. The predicted octanol–water partition coefficient (Wildman–Crippen LogP) is 7.50. The molecule has 0 aliphatic carbocycles. The monoisotopic (exact) mass is 459 g/mol. The molecule has 0 amide bonds. The minimum absolute atomic E-state index is 0.543. The van der Waals surface area contributed by atoms with Crippen LogP contribution in [0.5, 0.6) is 0 Å². The lowest BCUT2D eigenvalue weighted by molar-refractivity contribution is 0.885. The van der Waals surface area contributed by atoms with Crippen LogP contribution in [-0.4, -0.2) is 14.8 Å². The Kier molecular flexibility index (Phi) is 6.16. The fourth-order valence-corrected chi connectivity index (χ4v) is 4.32. The first-order valence-corrected chi connectivity index (χ1v) is 11.0. The first-order valence-electron chi connectivity index (χ1n) is 8.87. The molecule has 7 heteroatoms. The van der Waals surface area contributed by atoms with Crippen molar-refractivity contribution in [1.82, 2.24) is 14.8 Å². The van der Waals surface area contributed by atoms with Gasteiger partial charge in [-0.3, -0.25) is 4.57 Å². The lowest BCUT2D eigenvalue weighted by Crippen LogP contribution is -2.00. The predicted molar refractivity (Wildman–Crippen MR) is 123 cm³/mol. The van der Waals surface area contributed by atoms with Crippen molar-refractivity contribution in [3.8, 4) is 17.1 Å². The molecule has 0 atom stereocenters. The van der Waals surface area contributed by atoms with Crippen LogP contribution in [0.15, 0.2) is 71.9 Å². The van der Waals surface area contributed by atoms with Gasteiger partial charge in [-0.25, -0.2) is 0 Å². The molecule has 146 valence electrons. The van der Waals surface area contributed by atoms with E-state index < -0.39 is 0 Å². The van der Waals surface area contributed by atoms with Crippen molar-refractivity contribution in [3.63, 3.8) is 0 Å². The summed E-state index contributed by atoms with van der Waals surface area (Å²) in [6.07, 6.45) is 0. The van der Waals surface area contributed by atoms with Crippen molar-refractivity contribution in [1.29, 1.82) is 0 Å². The van der Waals surface area contributed by atoms with Crippen molar-refractivity contribution in [2.75, 3.05) is 0 Å². The van der Waals surface area contributed by atoms with Gasteiger partial charge >= 0.3 is 0 Å². The van der Waals surface area contributed by atoms with Crippen LogP contribution in [0.4, 0.5) is 0 Å². The zero-order valence-electron chi connectivity index (χ0n) is 15.4.